The Morgan fingerprint density at radius 2 is 1.90 bits per heavy atom. The third kappa shape index (κ3) is 7.06. The molecular weight excluding hydrogens is 492 g/mol. The van der Waals surface area contributed by atoms with E-state index in [1.165, 1.54) is 12.8 Å². The number of hydrogen-bond acceptors (Lipinski definition) is 6. The summed E-state index contributed by atoms with van der Waals surface area (Å²) in [6.45, 7) is 13.7. The van der Waals surface area contributed by atoms with E-state index in [0.29, 0.717) is 43.7 Å². The number of fused-ring (bicyclic) bond motifs is 1. The quantitative estimate of drug-likeness (QED) is 0.429. The molecule has 4 rings (SSSR count). The molecule has 9 nitrogen and oxygen atoms in total. The standard InChI is InChI=1S/C30H44N6O3/c1-6-8-20(2)9-7-15-31-30(38)32-25-12-10-24(11-13-25)28-33-27-22(4)36(23(5)37)16-14-26(27)29(34-28)35-17-18-39-19-21(35)3/h10-13,20-22H,6-9,14-19H2,1-5H3,(H2,31,32,38). The van der Waals surface area contributed by atoms with Gasteiger partial charge in [-0.2, -0.15) is 0 Å². The van der Waals surface area contributed by atoms with Crippen LogP contribution in [0.1, 0.15) is 77.6 Å². The lowest BCUT2D eigenvalue weighted by Gasteiger charge is -2.39. The zero-order chi connectivity index (χ0) is 27.9. The number of rotatable bonds is 9. The molecule has 39 heavy (non-hydrogen) atoms. The Morgan fingerprint density at radius 1 is 1.13 bits per heavy atom. The van der Waals surface area contributed by atoms with Crippen LogP contribution in [0.5, 0.6) is 0 Å². The van der Waals surface area contributed by atoms with Crippen molar-refractivity contribution < 1.29 is 14.3 Å². The summed E-state index contributed by atoms with van der Waals surface area (Å²) in [7, 11) is 0. The van der Waals surface area contributed by atoms with Crippen molar-refractivity contribution in [2.45, 2.75) is 78.8 Å². The second-order valence-electron chi connectivity index (χ2n) is 11.0. The van der Waals surface area contributed by atoms with Gasteiger partial charge in [-0.05, 0) is 63.3 Å². The average Bonchev–Trinajstić information content (AvgIpc) is 2.92. The summed E-state index contributed by atoms with van der Waals surface area (Å²) in [6.07, 6.45) is 5.26. The number of ether oxygens (including phenoxy) is 1. The highest BCUT2D eigenvalue weighted by molar-refractivity contribution is 5.89. The van der Waals surface area contributed by atoms with Crippen molar-refractivity contribution in [2.75, 3.05) is 43.1 Å². The maximum Gasteiger partial charge on any atom is 0.319 e. The summed E-state index contributed by atoms with van der Waals surface area (Å²) >= 11 is 0. The van der Waals surface area contributed by atoms with Gasteiger partial charge in [0.2, 0.25) is 5.91 Å². The smallest absolute Gasteiger partial charge is 0.319 e. The molecule has 2 aliphatic heterocycles. The molecule has 3 unspecified atom stereocenters. The minimum atomic E-state index is -0.197. The van der Waals surface area contributed by atoms with Crippen LogP contribution in [0.3, 0.4) is 0 Å². The predicted octanol–water partition coefficient (Wildman–Crippen LogP) is 5.17. The molecule has 3 atom stereocenters. The number of urea groups is 1. The topological polar surface area (TPSA) is 99.7 Å². The minimum absolute atomic E-state index is 0.0544. The molecule has 3 heterocycles. The predicted molar refractivity (Wildman–Crippen MR) is 155 cm³/mol. The van der Waals surface area contributed by atoms with Crippen molar-refractivity contribution in [1.82, 2.24) is 20.2 Å². The summed E-state index contributed by atoms with van der Waals surface area (Å²) in [5.74, 6) is 2.31. The van der Waals surface area contributed by atoms with Crippen LogP contribution in [0.15, 0.2) is 24.3 Å². The third-order valence-electron chi connectivity index (χ3n) is 7.87. The molecule has 9 heteroatoms. The van der Waals surface area contributed by atoms with Crippen LogP contribution in [0.2, 0.25) is 0 Å². The summed E-state index contributed by atoms with van der Waals surface area (Å²) in [5, 5.41) is 5.87. The molecule has 1 fully saturated rings. The number of aromatic nitrogens is 2. The minimum Gasteiger partial charge on any atom is -0.377 e. The Hall–Kier alpha value is -3.20. The van der Waals surface area contributed by atoms with Gasteiger partial charge in [-0.25, -0.2) is 14.8 Å². The van der Waals surface area contributed by atoms with Crippen LogP contribution < -0.4 is 15.5 Å². The fourth-order valence-electron chi connectivity index (χ4n) is 5.65. The maximum absolute atomic E-state index is 12.4. The third-order valence-corrected chi connectivity index (χ3v) is 7.87. The van der Waals surface area contributed by atoms with Crippen molar-refractivity contribution >= 4 is 23.4 Å². The van der Waals surface area contributed by atoms with E-state index in [1.807, 2.05) is 36.1 Å². The van der Waals surface area contributed by atoms with Gasteiger partial charge in [0.05, 0.1) is 31.0 Å². The largest absolute Gasteiger partial charge is 0.377 e. The van der Waals surface area contributed by atoms with E-state index in [2.05, 4.69) is 36.3 Å². The average molecular weight is 537 g/mol. The van der Waals surface area contributed by atoms with Crippen molar-refractivity contribution in [3.63, 3.8) is 0 Å². The van der Waals surface area contributed by atoms with Crippen molar-refractivity contribution in [3.05, 3.63) is 35.5 Å². The Morgan fingerprint density at radius 3 is 2.59 bits per heavy atom. The van der Waals surface area contributed by atoms with Gasteiger partial charge in [-0.15, -0.1) is 0 Å². The number of carbonyl (C=O) groups is 2. The highest BCUT2D eigenvalue weighted by atomic mass is 16.5. The molecular formula is C30H44N6O3. The molecule has 0 radical (unpaired) electrons. The maximum atomic E-state index is 12.4. The van der Waals surface area contributed by atoms with Crippen molar-refractivity contribution in [2.24, 2.45) is 5.92 Å². The van der Waals surface area contributed by atoms with E-state index >= 15 is 0 Å². The molecule has 1 aromatic heterocycles. The molecule has 3 amide bonds. The molecule has 0 spiro atoms. The van der Waals surface area contributed by atoms with Gasteiger partial charge < -0.3 is 25.2 Å². The summed E-state index contributed by atoms with van der Waals surface area (Å²) in [6, 6.07) is 7.51. The number of hydrogen-bond donors (Lipinski definition) is 2. The SMILES string of the molecule is CCCC(C)CCCNC(=O)Nc1ccc(-c2nc3c(c(N4CCOCC4C)n2)CCN(C(C)=O)C3C)cc1. The van der Waals surface area contributed by atoms with Gasteiger partial charge in [-0.3, -0.25) is 4.79 Å². The number of benzene rings is 1. The first-order valence-corrected chi connectivity index (χ1v) is 14.5. The summed E-state index contributed by atoms with van der Waals surface area (Å²) < 4.78 is 5.68. The van der Waals surface area contributed by atoms with Gasteiger partial charge in [0.25, 0.3) is 0 Å². The van der Waals surface area contributed by atoms with E-state index < -0.39 is 0 Å². The van der Waals surface area contributed by atoms with Crippen LogP contribution in [0.4, 0.5) is 16.3 Å². The van der Waals surface area contributed by atoms with Gasteiger partial charge >= 0.3 is 6.03 Å². The van der Waals surface area contributed by atoms with Crippen molar-refractivity contribution in [1.29, 1.82) is 0 Å². The van der Waals surface area contributed by atoms with Gasteiger partial charge in [-0.1, -0.05) is 26.7 Å². The van der Waals surface area contributed by atoms with Gasteiger partial charge in [0, 0.05) is 43.4 Å². The van der Waals surface area contributed by atoms with E-state index in [9.17, 15) is 9.59 Å². The van der Waals surface area contributed by atoms with Crippen LogP contribution >= 0.6 is 0 Å². The normalized spacial score (nSPS) is 19.8. The molecule has 212 valence electrons. The highest BCUT2D eigenvalue weighted by Gasteiger charge is 2.33. The first-order valence-electron chi connectivity index (χ1n) is 14.5. The lowest BCUT2D eigenvalue weighted by atomic mass is 9.97. The first kappa shape index (κ1) is 28.8. The molecule has 2 aromatic rings. The second kappa shape index (κ2) is 13.2. The first-order chi connectivity index (χ1) is 18.8. The summed E-state index contributed by atoms with van der Waals surface area (Å²) in [5.41, 5.74) is 3.61. The molecule has 2 aliphatic rings. The lowest BCUT2D eigenvalue weighted by molar-refractivity contribution is -0.131. The lowest BCUT2D eigenvalue weighted by Crippen LogP contribution is -2.46. The Bertz CT molecular complexity index is 1140. The number of anilines is 2. The fourth-order valence-corrected chi connectivity index (χ4v) is 5.65. The number of carbonyl (C=O) groups excluding carboxylic acids is 2. The molecule has 0 saturated carbocycles. The molecule has 2 N–H and O–H groups in total. The van der Waals surface area contributed by atoms with Crippen LogP contribution in [0, 0.1) is 5.92 Å². The molecule has 0 aliphatic carbocycles. The van der Waals surface area contributed by atoms with Crippen molar-refractivity contribution in [3.8, 4) is 11.4 Å². The zero-order valence-corrected chi connectivity index (χ0v) is 24.1. The van der Waals surface area contributed by atoms with E-state index in [0.717, 1.165) is 48.4 Å². The Labute approximate surface area is 232 Å². The van der Waals surface area contributed by atoms with Crippen LogP contribution in [0.25, 0.3) is 11.4 Å². The monoisotopic (exact) mass is 536 g/mol. The second-order valence-corrected chi connectivity index (χ2v) is 11.0. The van der Waals surface area contributed by atoms with E-state index in [1.54, 1.807) is 6.92 Å². The van der Waals surface area contributed by atoms with Crippen LogP contribution in [-0.2, 0) is 16.0 Å². The van der Waals surface area contributed by atoms with Crippen LogP contribution in [-0.4, -0.2) is 65.7 Å². The Balaban J connectivity index is 1.51. The summed E-state index contributed by atoms with van der Waals surface area (Å²) in [4.78, 5) is 38.9. The molecule has 1 aromatic carbocycles. The van der Waals surface area contributed by atoms with Gasteiger partial charge in [0.1, 0.15) is 5.82 Å². The number of nitrogens with one attached hydrogen (secondary N) is 2. The Kier molecular flexibility index (Phi) is 9.78. The van der Waals surface area contributed by atoms with E-state index in [-0.39, 0.29) is 24.0 Å². The van der Waals surface area contributed by atoms with E-state index in [4.69, 9.17) is 14.7 Å². The number of morpholine rings is 1. The molecule has 1 saturated heterocycles. The highest BCUT2D eigenvalue weighted by Crippen LogP contribution is 2.36. The zero-order valence-electron chi connectivity index (χ0n) is 24.1. The number of amides is 3. The fraction of sp³-hybridized carbons (Fsp3) is 0.600. The van der Waals surface area contributed by atoms with Gasteiger partial charge in [0.15, 0.2) is 5.82 Å². The molecule has 0 bridgehead atoms. The number of nitrogens with zero attached hydrogens (tertiary/aromatic N) is 4.